The molecule has 0 atom stereocenters. The molecule has 0 unspecified atom stereocenters. The molecule has 0 aliphatic carbocycles. The number of methoxy groups -OCH3 is 1. The molecule has 150 valence electrons. The van der Waals surface area contributed by atoms with Crippen molar-refractivity contribution in [2.75, 3.05) is 33.4 Å². The average Bonchev–Trinajstić information content (AvgIpc) is 2.97. The van der Waals surface area contributed by atoms with Crippen LogP contribution in [0.5, 0.6) is 0 Å². The predicted molar refractivity (Wildman–Crippen MR) is 104 cm³/mol. The summed E-state index contributed by atoms with van der Waals surface area (Å²) in [7, 11) is 3.65. The fourth-order valence-electron chi connectivity index (χ4n) is 2.79. The summed E-state index contributed by atoms with van der Waals surface area (Å²) < 4.78 is 7.05. The first-order valence-electron chi connectivity index (χ1n) is 9.48. The van der Waals surface area contributed by atoms with Crippen LogP contribution in [0, 0.1) is 12.3 Å². The number of aromatic nitrogens is 3. The number of hydrogen-bond donors (Lipinski definition) is 3. The highest BCUT2D eigenvalue weighted by atomic mass is 16.5. The van der Waals surface area contributed by atoms with Crippen molar-refractivity contribution in [3.8, 4) is 0 Å². The van der Waals surface area contributed by atoms with Crippen molar-refractivity contribution in [1.82, 2.24) is 25.4 Å². The number of guanidine groups is 1. The number of rotatable bonds is 12. The molecule has 1 aromatic rings. The number of ether oxygens (including phenoxy) is 1. The first-order chi connectivity index (χ1) is 12.5. The molecular weight excluding hydrogens is 332 g/mol. The Morgan fingerprint density at radius 2 is 2.00 bits per heavy atom. The molecule has 8 heteroatoms. The zero-order chi connectivity index (χ0) is 19.4. The Labute approximate surface area is 157 Å². The highest BCUT2D eigenvalue weighted by Crippen LogP contribution is 2.29. The maximum absolute atomic E-state index is 9.41. The summed E-state index contributed by atoms with van der Waals surface area (Å²) in [6.45, 7) is 9.20. The normalized spacial score (nSPS) is 12.5. The minimum atomic E-state index is 0.0745. The van der Waals surface area contributed by atoms with Gasteiger partial charge in [0.25, 0.3) is 0 Å². The van der Waals surface area contributed by atoms with E-state index >= 15 is 0 Å². The van der Waals surface area contributed by atoms with E-state index in [1.807, 2.05) is 18.5 Å². The molecule has 0 aromatic carbocycles. The summed E-state index contributed by atoms with van der Waals surface area (Å²) in [6, 6.07) is 0. The lowest BCUT2D eigenvalue weighted by molar-refractivity contribution is 0.169. The Morgan fingerprint density at radius 1 is 1.27 bits per heavy atom. The highest BCUT2D eigenvalue weighted by molar-refractivity contribution is 5.79. The third-order valence-corrected chi connectivity index (χ3v) is 5.15. The van der Waals surface area contributed by atoms with Gasteiger partial charge in [0.05, 0.1) is 0 Å². The number of nitrogens with one attached hydrogen (secondary N) is 2. The van der Waals surface area contributed by atoms with E-state index < -0.39 is 0 Å². The fraction of sp³-hybridized carbons (Fsp3) is 0.833. The van der Waals surface area contributed by atoms with Gasteiger partial charge >= 0.3 is 0 Å². The SMILES string of the molecule is CCC(CC)(CCO)CNC(=NCc1nnc(C)n1C)NCCCOC. The maximum atomic E-state index is 9.41. The lowest BCUT2D eigenvalue weighted by atomic mass is 9.79. The van der Waals surface area contributed by atoms with Gasteiger partial charge < -0.3 is 25.0 Å². The lowest BCUT2D eigenvalue weighted by Gasteiger charge is -2.32. The van der Waals surface area contributed by atoms with Crippen LogP contribution in [0.2, 0.25) is 0 Å². The first kappa shape index (κ1) is 22.4. The van der Waals surface area contributed by atoms with Crippen LogP contribution >= 0.6 is 0 Å². The smallest absolute Gasteiger partial charge is 0.191 e. The van der Waals surface area contributed by atoms with Gasteiger partial charge in [0, 0.05) is 40.5 Å². The third kappa shape index (κ3) is 6.92. The van der Waals surface area contributed by atoms with E-state index in [-0.39, 0.29) is 12.0 Å². The summed E-state index contributed by atoms with van der Waals surface area (Å²) in [4.78, 5) is 4.67. The molecule has 26 heavy (non-hydrogen) atoms. The van der Waals surface area contributed by atoms with Crippen LogP contribution in [0.1, 0.15) is 51.2 Å². The largest absolute Gasteiger partial charge is 0.396 e. The van der Waals surface area contributed by atoms with Gasteiger partial charge in [0.1, 0.15) is 12.4 Å². The molecule has 0 spiro atoms. The molecule has 0 amide bonds. The van der Waals surface area contributed by atoms with Crippen LogP contribution in [0.3, 0.4) is 0 Å². The minimum Gasteiger partial charge on any atom is -0.396 e. The molecule has 0 aliphatic heterocycles. The number of aryl methyl sites for hydroxylation is 1. The van der Waals surface area contributed by atoms with Crippen molar-refractivity contribution in [2.45, 2.75) is 53.0 Å². The Balaban J connectivity index is 2.76. The van der Waals surface area contributed by atoms with Crippen LogP contribution in [0.15, 0.2) is 4.99 Å². The van der Waals surface area contributed by atoms with Gasteiger partial charge in [-0.05, 0) is 38.0 Å². The second-order valence-electron chi connectivity index (χ2n) is 6.69. The number of aliphatic imine (C=N–C) groups is 1. The molecular formula is C18H36N6O2. The Kier molecular flexibility index (Phi) is 10.2. The highest BCUT2D eigenvalue weighted by Gasteiger charge is 2.25. The van der Waals surface area contributed by atoms with Crippen molar-refractivity contribution < 1.29 is 9.84 Å². The summed E-state index contributed by atoms with van der Waals surface area (Å²) in [5, 5.41) is 24.5. The first-order valence-corrected chi connectivity index (χ1v) is 9.48. The Hall–Kier alpha value is -1.67. The molecule has 0 fully saturated rings. The van der Waals surface area contributed by atoms with Gasteiger partial charge in [0.15, 0.2) is 11.8 Å². The molecule has 0 aliphatic rings. The van der Waals surface area contributed by atoms with Gasteiger partial charge in [0.2, 0.25) is 0 Å². The molecule has 1 aromatic heterocycles. The van der Waals surface area contributed by atoms with E-state index in [4.69, 9.17) is 4.74 Å². The molecule has 3 N–H and O–H groups in total. The van der Waals surface area contributed by atoms with E-state index in [0.29, 0.717) is 13.2 Å². The predicted octanol–water partition coefficient (Wildman–Crippen LogP) is 1.38. The summed E-state index contributed by atoms with van der Waals surface area (Å²) in [5.74, 6) is 2.45. The van der Waals surface area contributed by atoms with Crippen molar-refractivity contribution >= 4 is 5.96 Å². The molecule has 1 heterocycles. The van der Waals surface area contributed by atoms with Crippen LogP contribution in [0.4, 0.5) is 0 Å². The van der Waals surface area contributed by atoms with Gasteiger partial charge in [-0.15, -0.1) is 10.2 Å². The molecule has 0 bridgehead atoms. The maximum Gasteiger partial charge on any atom is 0.191 e. The fourth-order valence-corrected chi connectivity index (χ4v) is 2.79. The summed E-state index contributed by atoms with van der Waals surface area (Å²) in [5.41, 5.74) is 0.0745. The van der Waals surface area contributed by atoms with Crippen molar-refractivity contribution in [3.05, 3.63) is 11.6 Å². The summed E-state index contributed by atoms with van der Waals surface area (Å²) >= 11 is 0. The monoisotopic (exact) mass is 368 g/mol. The van der Waals surface area contributed by atoms with Gasteiger partial charge in [-0.2, -0.15) is 0 Å². The number of nitrogens with zero attached hydrogens (tertiary/aromatic N) is 4. The van der Waals surface area contributed by atoms with E-state index in [2.05, 4.69) is 39.7 Å². The second-order valence-corrected chi connectivity index (χ2v) is 6.69. The van der Waals surface area contributed by atoms with Crippen LogP contribution < -0.4 is 10.6 Å². The van der Waals surface area contributed by atoms with E-state index in [1.165, 1.54) is 0 Å². The standard InChI is InChI=1S/C18H36N6O2/c1-6-18(7-2,9-11-25)14-21-17(19-10-8-12-26-5)20-13-16-23-22-15(3)24(16)4/h25H,6-14H2,1-5H3,(H2,19,20,21). The Bertz CT molecular complexity index is 540. The number of aliphatic hydroxyl groups is 1. The van der Waals surface area contributed by atoms with Gasteiger partial charge in [-0.3, -0.25) is 0 Å². The van der Waals surface area contributed by atoms with E-state index in [9.17, 15) is 5.11 Å². The number of aliphatic hydroxyl groups excluding tert-OH is 1. The van der Waals surface area contributed by atoms with E-state index in [0.717, 1.165) is 56.4 Å². The lowest BCUT2D eigenvalue weighted by Crippen LogP contribution is -2.44. The summed E-state index contributed by atoms with van der Waals surface area (Å²) in [6.07, 6.45) is 3.71. The molecule has 8 nitrogen and oxygen atoms in total. The zero-order valence-electron chi connectivity index (χ0n) is 17.0. The van der Waals surface area contributed by atoms with Crippen LogP contribution in [-0.4, -0.2) is 59.2 Å². The zero-order valence-corrected chi connectivity index (χ0v) is 17.0. The van der Waals surface area contributed by atoms with Crippen molar-refractivity contribution in [1.29, 1.82) is 0 Å². The molecule has 0 saturated heterocycles. The third-order valence-electron chi connectivity index (χ3n) is 5.15. The van der Waals surface area contributed by atoms with E-state index in [1.54, 1.807) is 7.11 Å². The van der Waals surface area contributed by atoms with Crippen molar-refractivity contribution in [3.63, 3.8) is 0 Å². The molecule has 0 radical (unpaired) electrons. The molecule has 1 rings (SSSR count). The van der Waals surface area contributed by atoms with Crippen LogP contribution in [0.25, 0.3) is 0 Å². The topological polar surface area (TPSA) is 96.6 Å². The Morgan fingerprint density at radius 3 is 2.54 bits per heavy atom. The minimum absolute atomic E-state index is 0.0745. The molecule has 0 saturated carbocycles. The number of hydrogen-bond acceptors (Lipinski definition) is 5. The van der Waals surface area contributed by atoms with Crippen molar-refractivity contribution in [2.24, 2.45) is 17.5 Å². The van der Waals surface area contributed by atoms with Gasteiger partial charge in [-0.25, -0.2) is 4.99 Å². The average molecular weight is 369 g/mol. The second kappa shape index (κ2) is 11.9. The quantitative estimate of drug-likeness (QED) is 0.293. The van der Waals surface area contributed by atoms with Gasteiger partial charge in [-0.1, -0.05) is 13.8 Å². The van der Waals surface area contributed by atoms with Crippen LogP contribution in [-0.2, 0) is 18.3 Å².